The number of carboxylic acid groups (broad SMARTS) is 1. The summed E-state index contributed by atoms with van der Waals surface area (Å²) in [5.41, 5.74) is 6.00. The van der Waals surface area contributed by atoms with Gasteiger partial charge in [0, 0.05) is 35.4 Å². The zero-order valence-electron chi connectivity index (χ0n) is 14.5. The zero-order chi connectivity index (χ0) is 19.1. The highest BCUT2D eigenvalue weighted by Crippen LogP contribution is 2.42. The maximum absolute atomic E-state index is 11.3. The number of aromatic nitrogens is 1. The van der Waals surface area contributed by atoms with Crippen LogP contribution in [0.3, 0.4) is 0 Å². The molecule has 2 heterocycles. The van der Waals surface area contributed by atoms with Crippen LogP contribution in [0.5, 0.6) is 5.75 Å². The summed E-state index contributed by atoms with van der Waals surface area (Å²) in [5.74, 6) is 0.222. The molecule has 1 aromatic heterocycles. The molecule has 2 aromatic rings. The van der Waals surface area contributed by atoms with Crippen molar-refractivity contribution in [2.24, 2.45) is 0 Å². The van der Waals surface area contributed by atoms with Gasteiger partial charge in [0.25, 0.3) is 0 Å². The van der Waals surface area contributed by atoms with Gasteiger partial charge in [-0.3, -0.25) is 4.98 Å². The van der Waals surface area contributed by atoms with Gasteiger partial charge in [0.05, 0.1) is 10.2 Å². The summed E-state index contributed by atoms with van der Waals surface area (Å²) in [6.45, 7) is 0.934. The van der Waals surface area contributed by atoms with Crippen LogP contribution in [0.15, 0.2) is 34.4 Å². The molecule has 7 heteroatoms. The Kier molecular flexibility index (Phi) is 4.86. The topological polar surface area (TPSA) is 73.7 Å². The van der Waals surface area contributed by atoms with Crippen LogP contribution in [0.4, 0.5) is 4.79 Å². The predicted octanol–water partition coefficient (Wildman–Crippen LogP) is 4.88. The fourth-order valence-corrected chi connectivity index (χ4v) is 4.48. The summed E-state index contributed by atoms with van der Waals surface area (Å²) < 4.78 is 0.579. The Morgan fingerprint density at radius 3 is 2.63 bits per heavy atom. The van der Waals surface area contributed by atoms with E-state index in [1.165, 1.54) is 10.5 Å². The van der Waals surface area contributed by atoms with E-state index in [4.69, 9.17) is 11.6 Å². The van der Waals surface area contributed by atoms with Crippen molar-refractivity contribution in [3.05, 3.63) is 61.8 Å². The summed E-state index contributed by atoms with van der Waals surface area (Å²) in [6.07, 6.45) is 3.48. The van der Waals surface area contributed by atoms with E-state index in [9.17, 15) is 15.0 Å². The molecule has 2 aliphatic rings. The van der Waals surface area contributed by atoms with Crippen LogP contribution in [0.1, 0.15) is 35.2 Å². The molecule has 140 valence electrons. The fourth-order valence-electron chi connectivity index (χ4n) is 3.94. The molecule has 0 radical (unpaired) electrons. The molecule has 1 amide bonds. The van der Waals surface area contributed by atoms with Crippen molar-refractivity contribution in [1.29, 1.82) is 0 Å². The number of aromatic hydroxyl groups is 1. The Morgan fingerprint density at radius 1 is 1.19 bits per heavy atom. The maximum Gasteiger partial charge on any atom is 0.407 e. The normalized spacial score (nSPS) is 16.6. The average Bonchev–Trinajstić information content (AvgIpc) is 2.81. The molecule has 1 aromatic carbocycles. The number of hydrogen-bond acceptors (Lipinski definition) is 3. The largest absolute Gasteiger partial charge is 0.506 e. The lowest BCUT2D eigenvalue weighted by molar-refractivity contribution is 0.142. The molecule has 2 N–H and O–H groups in total. The van der Waals surface area contributed by atoms with E-state index in [1.807, 2.05) is 18.2 Å². The first-order valence-electron chi connectivity index (χ1n) is 8.81. The Hall–Kier alpha value is -2.05. The number of benzene rings is 1. The third-order valence-electron chi connectivity index (χ3n) is 5.31. The Balaban J connectivity index is 1.91. The van der Waals surface area contributed by atoms with Crippen LogP contribution in [-0.2, 0) is 12.8 Å². The summed E-state index contributed by atoms with van der Waals surface area (Å²) in [4.78, 5) is 17.3. The maximum atomic E-state index is 11.3. The number of amides is 1. The third-order valence-corrected chi connectivity index (χ3v) is 6.13. The van der Waals surface area contributed by atoms with E-state index in [-0.39, 0.29) is 5.75 Å². The number of nitrogens with zero attached hydrogens (tertiary/aromatic N) is 2. The minimum atomic E-state index is -0.882. The number of rotatable bonds is 0. The van der Waals surface area contributed by atoms with Crippen LogP contribution >= 0.6 is 27.5 Å². The van der Waals surface area contributed by atoms with Crippen molar-refractivity contribution in [3.8, 4) is 5.75 Å². The van der Waals surface area contributed by atoms with Crippen molar-refractivity contribution < 1.29 is 15.0 Å². The van der Waals surface area contributed by atoms with Crippen molar-refractivity contribution in [2.75, 3.05) is 13.1 Å². The van der Waals surface area contributed by atoms with Gasteiger partial charge in [0.2, 0.25) is 0 Å². The highest BCUT2D eigenvalue weighted by Gasteiger charge is 2.28. The monoisotopic (exact) mass is 448 g/mol. The summed E-state index contributed by atoms with van der Waals surface area (Å²) in [5, 5.41) is 20.5. The first-order chi connectivity index (χ1) is 13.0. The molecule has 0 bridgehead atoms. The minimum Gasteiger partial charge on any atom is -0.506 e. The SMILES string of the molecule is O=C(O)N1CCC(=C2c3ccc(Cl)cc3CCc3c2ncc(Br)c3O)CC1. The van der Waals surface area contributed by atoms with Crippen LogP contribution in [0.25, 0.3) is 5.57 Å². The van der Waals surface area contributed by atoms with Gasteiger partial charge in [0.15, 0.2) is 0 Å². The molecule has 0 spiro atoms. The van der Waals surface area contributed by atoms with E-state index in [0.717, 1.165) is 34.4 Å². The van der Waals surface area contributed by atoms with Crippen LogP contribution in [-0.4, -0.2) is 39.3 Å². The smallest absolute Gasteiger partial charge is 0.407 e. The average molecular weight is 450 g/mol. The number of carbonyl (C=O) groups is 1. The number of hydrogen-bond donors (Lipinski definition) is 2. The first-order valence-corrected chi connectivity index (χ1v) is 9.98. The van der Waals surface area contributed by atoms with Crippen LogP contribution in [0.2, 0.25) is 5.02 Å². The van der Waals surface area contributed by atoms with Gasteiger partial charge in [-0.05, 0) is 64.9 Å². The molecule has 1 aliphatic carbocycles. The third kappa shape index (κ3) is 3.32. The van der Waals surface area contributed by atoms with Crippen molar-refractivity contribution in [2.45, 2.75) is 25.7 Å². The molecule has 1 saturated heterocycles. The van der Waals surface area contributed by atoms with E-state index in [1.54, 1.807) is 6.20 Å². The number of likely N-dealkylation sites (tertiary alicyclic amines) is 1. The van der Waals surface area contributed by atoms with Gasteiger partial charge in [-0.2, -0.15) is 0 Å². The molecular weight excluding hydrogens is 432 g/mol. The van der Waals surface area contributed by atoms with Gasteiger partial charge in [-0.25, -0.2) is 4.79 Å². The number of halogens is 2. The predicted molar refractivity (Wildman–Crippen MR) is 107 cm³/mol. The molecule has 1 aliphatic heterocycles. The second-order valence-electron chi connectivity index (χ2n) is 6.83. The molecule has 0 unspecified atom stereocenters. The zero-order valence-corrected chi connectivity index (χ0v) is 16.8. The van der Waals surface area contributed by atoms with Gasteiger partial charge in [0.1, 0.15) is 5.75 Å². The minimum absolute atomic E-state index is 0.222. The lowest BCUT2D eigenvalue weighted by Gasteiger charge is -2.28. The molecule has 4 rings (SSSR count). The lowest BCUT2D eigenvalue weighted by atomic mass is 9.88. The summed E-state index contributed by atoms with van der Waals surface area (Å²) in [7, 11) is 0. The number of pyridine rings is 1. The van der Waals surface area contributed by atoms with Crippen LogP contribution < -0.4 is 0 Å². The Bertz CT molecular complexity index is 964. The van der Waals surface area contributed by atoms with E-state index >= 15 is 0 Å². The highest BCUT2D eigenvalue weighted by atomic mass is 79.9. The van der Waals surface area contributed by atoms with Gasteiger partial charge in [-0.15, -0.1) is 0 Å². The number of piperidine rings is 1. The molecule has 5 nitrogen and oxygen atoms in total. The fraction of sp³-hybridized carbons (Fsp3) is 0.300. The number of aryl methyl sites for hydroxylation is 1. The standard InChI is InChI=1S/C20H18BrClN2O3/c21-16-10-23-18-15(19(16)25)3-1-12-9-13(22)2-4-14(12)17(18)11-5-7-24(8-6-11)20(26)27/h2,4,9-10H,1,3,5-8H2,(H,23,25)(H,26,27). The molecule has 0 atom stereocenters. The summed E-state index contributed by atoms with van der Waals surface area (Å²) >= 11 is 9.59. The second-order valence-corrected chi connectivity index (χ2v) is 8.12. The lowest BCUT2D eigenvalue weighted by Crippen LogP contribution is -2.35. The van der Waals surface area contributed by atoms with E-state index < -0.39 is 6.09 Å². The van der Waals surface area contributed by atoms with Crippen molar-refractivity contribution in [1.82, 2.24) is 9.88 Å². The first kappa shape index (κ1) is 18.3. The highest BCUT2D eigenvalue weighted by molar-refractivity contribution is 9.10. The van der Waals surface area contributed by atoms with Gasteiger partial charge >= 0.3 is 6.09 Å². The molecular formula is C20H18BrClN2O3. The quantitative estimate of drug-likeness (QED) is 0.601. The molecule has 27 heavy (non-hydrogen) atoms. The van der Waals surface area contributed by atoms with E-state index in [2.05, 4.69) is 20.9 Å². The van der Waals surface area contributed by atoms with E-state index in [0.29, 0.717) is 41.8 Å². The number of fused-ring (bicyclic) bond motifs is 2. The van der Waals surface area contributed by atoms with Crippen molar-refractivity contribution >= 4 is 39.2 Å². The Morgan fingerprint density at radius 2 is 1.93 bits per heavy atom. The molecule has 1 fully saturated rings. The van der Waals surface area contributed by atoms with Gasteiger partial charge in [-0.1, -0.05) is 23.2 Å². The molecule has 0 saturated carbocycles. The summed E-state index contributed by atoms with van der Waals surface area (Å²) in [6, 6.07) is 5.86. The van der Waals surface area contributed by atoms with Crippen LogP contribution in [0, 0.1) is 0 Å². The Labute approximate surface area is 170 Å². The van der Waals surface area contributed by atoms with Crippen molar-refractivity contribution in [3.63, 3.8) is 0 Å². The van der Waals surface area contributed by atoms with Gasteiger partial charge < -0.3 is 15.1 Å². The second kappa shape index (κ2) is 7.17.